The second kappa shape index (κ2) is 3.37. The zero-order valence-corrected chi connectivity index (χ0v) is 8.39. The number of nitro groups is 1. The van der Waals surface area contributed by atoms with Crippen LogP contribution in [0.15, 0.2) is 10.7 Å². The van der Waals surface area contributed by atoms with Gasteiger partial charge in [0.05, 0.1) is 4.92 Å². The number of aryl methyl sites for hydroxylation is 1. The smallest absolute Gasteiger partial charge is 0.258 e. The summed E-state index contributed by atoms with van der Waals surface area (Å²) in [5, 5.41) is 10.3. The fraction of sp³-hybridized carbons (Fsp3) is 0.167. The fourth-order valence-electron chi connectivity index (χ4n) is 0.684. The SMILES string of the molecule is Cc1cc([N+](=O)[O-])c(Cl)nc1Br. The van der Waals surface area contributed by atoms with Gasteiger partial charge in [-0.2, -0.15) is 0 Å². The predicted molar refractivity (Wildman–Crippen MR) is 48.3 cm³/mol. The second-order valence-corrected chi connectivity index (χ2v) is 3.27. The Balaban J connectivity index is 3.33. The number of aromatic nitrogens is 1. The maximum Gasteiger partial charge on any atom is 0.306 e. The first-order chi connectivity index (χ1) is 5.52. The number of halogens is 2. The van der Waals surface area contributed by atoms with E-state index < -0.39 is 4.92 Å². The summed E-state index contributed by atoms with van der Waals surface area (Å²) in [5.74, 6) is 0. The van der Waals surface area contributed by atoms with Crippen molar-refractivity contribution in [2.45, 2.75) is 6.92 Å². The summed E-state index contributed by atoms with van der Waals surface area (Å²) in [6, 6.07) is 1.37. The third-order valence-electron chi connectivity index (χ3n) is 1.28. The Morgan fingerprint density at radius 1 is 1.75 bits per heavy atom. The van der Waals surface area contributed by atoms with Crippen LogP contribution in [0.25, 0.3) is 0 Å². The minimum absolute atomic E-state index is 0.0996. The zero-order valence-electron chi connectivity index (χ0n) is 6.04. The van der Waals surface area contributed by atoms with Crippen LogP contribution in [0.5, 0.6) is 0 Å². The van der Waals surface area contributed by atoms with Gasteiger partial charge in [-0.25, -0.2) is 4.98 Å². The van der Waals surface area contributed by atoms with Gasteiger partial charge < -0.3 is 0 Å². The summed E-state index contributed by atoms with van der Waals surface area (Å²) in [6.07, 6.45) is 0. The maximum atomic E-state index is 10.4. The molecule has 0 atom stereocenters. The van der Waals surface area contributed by atoms with E-state index in [4.69, 9.17) is 11.6 Å². The molecule has 0 spiro atoms. The van der Waals surface area contributed by atoms with Crippen molar-refractivity contribution in [3.8, 4) is 0 Å². The number of nitrogens with zero attached hydrogens (tertiary/aromatic N) is 2. The van der Waals surface area contributed by atoms with Crippen molar-refractivity contribution in [3.05, 3.63) is 31.5 Å². The molecule has 0 fully saturated rings. The van der Waals surface area contributed by atoms with Crippen molar-refractivity contribution in [2.24, 2.45) is 0 Å². The van der Waals surface area contributed by atoms with Crippen LogP contribution in [0.1, 0.15) is 5.56 Å². The molecular formula is C6H4BrClN2O2. The van der Waals surface area contributed by atoms with E-state index >= 15 is 0 Å². The van der Waals surface area contributed by atoms with Gasteiger partial charge in [-0.3, -0.25) is 10.1 Å². The van der Waals surface area contributed by atoms with Crippen molar-refractivity contribution in [3.63, 3.8) is 0 Å². The molecule has 0 aliphatic heterocycles. The highest BCUT2D eigenvalue weighted by molar-refractivity contribution is 9.10. The molecule has 4 nitrogen and oxygen atoms in total. The van der Waals surface area contributed by atoms with Crippen LogP contribution >= 0.6 is 27.5 Å². The largest absolute Gasteiger partial charge is 0.306 e. The number of pyridine rings is 1. The summed E-state index contributed by atoms with van der Waals surface area (Å²) < 4.78 is 0.526. The predicted octanol–water partition coefficient (Wildman–Crippen LogP) is 2.71. The van der Waals surface area contributed by atoms with E-state index in [-0.39, 0.29) is 10.8 Å². The Kier molecular flexibility index (Phi) is 2.64. The van der Waals surface area contributed by atoms with Gasteiger partial charge >= 0.3 is 5.69 Å². The average Bonchev–Trinajstić information content (AvgIpc) is 1.96. The first kappa shape index (κ1) is 9.41. The lowest BCUT2D eigenvalue weighted by atomic mass is 10.3. The number of rotatable bonds is 1. The van der Waals surface area contributed by atoms with E-state index in [0.29, 0.717) is 10.2 Å². The van der Waals surface area contributed by atoms with Crippen LogP contribution < -0.4 is 0 Å². The third-order valence-corrected chi connectivity index (χ3v) is 2.36. The van der Waals surface area contributed by atoms with Gasteiger partial charge in [0.15, 0.2) is 0 Å². The van der Waals surface area contributed by atoms with Crippen LogP contribution in [0.4, 0.5) is 5.69 Å². The van der Waals surface area contributed by atoms with Gasteiger partial charge in [0.1, 0.15) is 4.60 Å². The monoisotopic (exact) mass is 250 g/mol. The van der Waals surface area contributed by atoms with E-state index in [0.717, 1.165) is 0 Å². The molecule has 1 heterocycles. The molecule has 1 aromatic heterocycles. The van der Waals surface area contributed by atoms with Crippen molar-refractivity contribution >= 4 is 33.2 Å². The van der Waals surface area contributed by atoms with Gasteiger partial charge in [0, 0.05) is 6.07 Å². The van der Waals surface area contributed by atoms with Crippen molar-refractivity contribution in [2.75, 3.05) is 0 Å². The number of hydrogen-bond donors (Lipinski definition) is 0. The molecule has 0 aliphatic carbocycles. The summed E-state index contributed by atoms with van der Waals surface area (Å²) >= 11 is 8.62. The molecule has 6 heteroatoms. The van der Waals surface area contributed by atoms with Crippen LogP contribution in [-0.2, 0) is 0 Å². The zero-order chi connectivity index (χ0) is 9.30. The van der Waals surface area contributed by atoms with Gasteiger partial charge in [-0.05, 0) is 28.4 Å². The molecule has 0 bridgehead atoms. The Morgan fingerprint density at radius 2 is 2.33 bits per heavy atom. The molecular weight excluding hydrogens is 247 g/mol. The summed E-state index contributed by atoms with van der Waals surface area (Å²) in [6.45, 7) is 1.71. The Labute approximate surface area is 81.8 Å². The van der Waals surface area contributed by atoms with E-state index in [1.54, 1.807) is 6.92 Å². The summed E-state index contributed by atoms with van der Waals surface area (Å²) in [4.78, 5) is 13.5. The third kappa shape index (κ3) is 1.73. The first-order valence-electron chi connectivity index (χ1n) is 2.99. The molecule has 0 amide bonds. The Morgan fingerprint density at radius 3 is 2.83 bits per heavy atom. The highest BCUT2D eigenvalue weighted by Crippen LogP contribution is 2.26. The van der Waals surface area contributed by atoms with Crippen LogP contribution in [0.3, 0.4) is 0 Å². The van der Waals surface area contributed by atoms with E-state index in [2.05, 4.69) is 20.9 Å². The molecule has 0 radical (unpaired) electrons. The van der Waals surface area contributed by atoms with Crippen LogP contribution in [-0.4, -0.2) is 9.91 Å². The standard InChI is InChI=1S/C6H4BrClN2O2/c1-3-2-4(10(11)12)6(8)9-5(3)7/h2H,1H3. The topological polar surface area (TPSA) is 56.0 Å². The van der Waals surface area contributed by atoms with Gasteiger partial charge in [-0.1, -0.05) is 11.6 Å². The lowest BCUT2D eigenvalue weighted by Crippen LogP contribution is -1.93. The van der Waals surface area contributed by atoms with Crippen molar-refractivity contribution in [1.82, 2.24) is 4.98 Å². The van der Waals surface area contributed by atoms with E-state index in [9.17, 15) is 10.1 Å². The quantitative estimate of drug-likeness (QED) is 0.438. The minimum atomic E-state index is -0.561. The fourth-order valence-corrected chi connectivity index (χ4v) is 1.29. The highest BCUT2D eigenvalue weighted by Gasteiger charge is 2.15. The molecule has 64 valence electrons. The first-order valence-corrected chi connectivity index (χ1v) is 4.16. The van der Waals surface area contributed by atoms with Gasteiger partial charge in [-0.15, -0.1) is 0 Å². The van der Waals surface area contributed by atoms with Crippen molar-refractivity contribution < 1.29 is 4.92 Å². The second-order valence-electron chi connectivity index (χ2n) is 2.16. The molecule has 0 aliphatic rings. The molecule has 0 aromatic carbocycles. The van der Waals surface area contributed by atoms with Crippen LogP contribution in [0, 0.1) is 17.0 Å². The van der Waals surface area contributed by atoms with Crippen molar-refractivity contribution in [1.29, 1.82) is 0 Å². The summed E-state index contributed by atoms with van der Waals surface area (Å²) in [5.41, 5.74) is 0.517. The maximum absolute atomic E-state index is 10.4. The highest BCUT2D eigenvalue weighted by atomic mass is 79.9. The normalized spacial score (nSPS) is 9.92. The molecule has 12 heavy (non-hydrogen) atoms. The minimum Gasteiger partial charge on any atom is -0.258 e. The average molecular weight is 251 g/mol. The number of hydrogen-bond acceptors (Lipinski definition) is 3. The van der Waals surface area contributed by atoms with Crippen LogP contribution in [0.2, 0.25) is 5.15 Å². The molecule has 0 saturated carbocycles. The molecule has 0 saturated heterocycles. The molecule has 0 N–H and O–H groups in total. The van der Waals surface area contributed by atoms with E-state index in [1.165, 1.54) is 6.07 Å². The van der Waals surface area contributed by atoms with Gasteiger partial charge in [0.25, 0.3) is 0 Å². The van der Waals surface area contributed by atoms with E-state index in [1.807, 2.05) is 0 Å². The molecule has 0 unspecified atom stereocenters. The lowest BCUT2D eigenvalue weighted by molar-refractivity contribution is -0.385. The summed E-state index contributed by atoms with van der Waals surface area (Å²) in [7, 11) is 0. The van der Waals surface area contributed by atoms with Gasteiger partial charge in [0.2, 0.25) is 5.15 Å². The Hall–Kier alpha value is -0.680. The Bertz CT molecular complexity index is 343. The molecule has 1 rings (SSSR count). The lowest BCUT2D eigenvalue weighted by Gasteiger charge is -1.98. The molecule has 1 aromatic rings.